The van der Waals surface area contributed by atoms with E-state index in [0.29, 0.717) is 6.42 Å². The first-order valence-corrected chi connectivity index (χ1v) is 7.43. The Bertz CT molecular complexity index is 272. The highest BCUT2D eigenvalue weighted by atomic mass is 16.6. The van der Waals surface area contributed by atoms with Crippen LogP contribution in [0.1, 0.15) is 45.4 Å². The Balaban J connectivity index is 4.14. The lowest BCUT2D eigenvalue weighted by Crippen LogP contribution is -2.48. The van der Waals surface area contributed by atoms with Crippen molar-refractivity contribution in [2.45, 2.75) is 69.9 Å². The van der Waals surface area contributed by atoms with Crippen molar-refractivity contribution in [3.8, 4) is 0 Å². The fraction of sp³-hybridized carbons (Fsp3) is 0.929. The van der Waals surface area contributed by atoms with Gasteiger partial charge in [-0.05, 0) is 6.42 Å². The molecule has 7 nitrogen and oxygen atoms in total. The van der Waals surface area contributed by atoms with Gasteiger partial charge < -0.3 is 30.3 Å². The quantitative estimate of drug-likeness (QED) is 0.239. The van der Waals surface area contributed by atoms with Gasteiger partial charge in [-0.2, -0.15) is 0 Å². The lowest BCUT2D eigenvalue weighted by atomic mass is 10.0. The lowest BCUT2D eigenvalue weighted by Gasteiger charge is -2.27. The number of carbonyl (C=O) groups is 1. The van der Waals surface area contributed by atoms with Crippen LogP contribution in [0.25, 0.3) is 0 Å². The molecular weight excluding hydrogens is 280 g/mol. The van der Waals surface area contributed by atoms with E-state index in [1.165, 1.54) is 0 Å². The standard InChI is InChI=1S/C14H28O7/c1-2-3-4-5-6-7-12(18)21-11(9-16)14(20)13(19)10(17)8-15/h10-11,13-17,19-20H,2-9H2,1H3/t10-,11-,13-,14-/m1/s1. The summed E-state index contributed by atoms with van der Waals surface area (Å²) in [5, 5.41) is 46.2. The molecule has 0 fully saturated rings. The second-order valence-corrected chi connectivity index (χ2v) is 5.11. The van der Waals surface area contributed by atoms with E-state index in [9.17, 15) is 20.1 Å². The van der Waals surface area contributed by atoms with Crippen molar-refractivity contribution >= 4 is 5.97 Å². The molecule has 0 aliphatic carbocycles. The molecule has 0 unspecified atom stereocenters. The number of ether oxygens (including phenoxy) is 1. The molecule has 5 N–H and O–H groups in total. The van der Waals surface area contributed by atoms with Crippen molar-refractivity contribution in [2.24, 2.45) is 0 Å². The molecule has 0 radical (unpaired) electrons. The third-order valence-corrected chi connectivity index (χ3v) is 3.26. The molecule has 0 spiro atoms. The fourth-order valence-corrected chi connectivity index (χ4v) is 1.87. The van der Waals surface area contributed by atoms with E-state index < -0.39 is 43.6 Å². The Kier molecular flexibility index (Phi) is 11.5. The second-order valence-electron chi connectivity index (χ2n) is 5.11. The predicted molar refractivity (Wildman–Crippen MR) is 75.4 cm³/mol. The Morgan fingerprint density at radius 3 is 2.10 bits per heavy atom. The summed E-state index contributed by atoms with van der Waals surface area (Å²) in [5.41, 5.74) is 0. The van der Waals surface area contributed by atoms with Gasteiger partial charge >= 0.3 is 5.97 Å². The topological polar surface area (TPSA) is 127 Å². The van der Waals surface area contributed by atoms with Crippen LogP contribution in [0.2, 0.25) is 0 Å². The first-order valence-electron chi connectivity index (χ1n) is 7.43. The summed E-state index contributed by atoms with van der Waals surface area (Å²) in [6.45, 7) is 0.660. The molecule has 0 aromatic heterocycles. The number of hydrogen-bond acceptors (Lipinski definition) is 7. The largest absolute Gasteiger partial charge is 0.457 e. The average Bonchev–Trinajstić information content (AvgIpc) is 2.50. The van der Waals surface area contributed by atoms with Crippen molar-refractivity contribution in [1.82, 2.24) is 0 Å². The second kappa shape index (κ2) is 11.9. The van der Waals surface area contributed by atoms with E-state index in [0.717, 1.165) is 25.7 Å². The minimum absolute atomic E-state index is 0.172. The molecule has 0 bridgehead atoms. The summed E-state index contributed by atoms with van der Waals surface area (Å²) in [6.07, 6.45) is -1.28. The summed E-state index contributed by atoms with van der Waals surface area (Å²) < 4.78 is 4.89. The number of esters is 1. The predicted octanol–water partition coefficient (Wildman–Crippen LogP) is -0.674. The number of carbonyl (C=O) groups excluding carboxylic acids is 1. The van der Waals surface area contributed by atoms with Crippen LogP contribution in [0.5, 0.6) is 0 Å². The van der Waals surface area contributed by atoms with Crippen molar-refractivity contribution < 1.29 is 35.1 Å². The minimum Gasteiger partial charge on any atom is -0.457 e. The Morgan fingerprint density at radius 1 is 0.952 bits per heavy atom. The van der Waals surface area contributed by atoms with Gasteiger partial charge in [0.2, 0.25) is 0 Å². The maximum absolute atomic E-state index is 11.6. The van der Waals surface area contributed by atoms with Gasteiger partial charge in [0.25, 0.3) is 0 Å². The third-order valence-electron chi connectivity index (χ3n) is 3.26. The third kappa shape index (κ3) is 8.33. The van der Waals surface area contributed by atoms with Crippen molar-refractivity contribution in [3.05, 3.63) is 0 Å². The molecule has 0 saturated carbocycles. The van der Waals surface area contributed by atoms with Crippen LogP contribution in [0.15, 0.2) is 0 Å². The van der Waals surface area contributed by atoms with Crippen LogP contribution >= 0.6 is 0 Å². The van der Waals surface area contributed by atoms with E-state index in [1.54, 1.807) is 0 Å². The minimum atomic E-state index is -1.70. The van der Waals surface area contributed by atoms with E-state index in [2.05, 4.69) is 6.92 Å². The summed E-state index contributed by atoms with van der Waals surface area (Å²) in [5.74, 6) is -0.574. The molecule has 0 rings (SSSR count). The SMILES string of the molecule is CCCCCCCC(=O)O[C@H](CO)[C@@H](O)[C@H](O)[C@H](O)CO. The van der Waals surface area contributed by atoms with Crippen molar-refractivity contribution in [3.63, 3.8) is 0 Å². The van der Waals surface area contributed by atoms with Crippen LogP contribution in [0.4, 0.5) is 0 Å². The maximum atomic E-state index is 11.6. The van der Waals surface area contributed by atoms with E-state index in [4.69, 9.17) is 14.9 Å². The Morgan fingerprint density at radius 2 is 1.57 bits per heavy atom. The van der Waals surface area contributed by atoms with Crippen molar-refractivity contribution in [2.75, 3.05) is 13.2 Å². The molecule has 126 valence electrons. The van der Waals surface area contributed by atoms with Gasteiger partial charge in [-0.3, -0.25) is 4.79 Å². The van der Waals surface area contributed by atoms with Crippen LogP contribution in [-0.4, -0.2) is 69.1 Å². The molecule has 0 heterocycles. The highest BCUT2D eigenvalue weighted by Crippen LogP contribution is 2.11. The number of aliphatic hydroxyl groups excluding tert-OH is 5. The van der Waals surface area contributed by atoms with Gasteiger partial charge in [0.1, 0.15) is 18.3 Å². The maximum Gasteiger partial charge on any atom is 0.306 e. The molecule has 0 saturated heterocycles. The summed E-state index contributed by atoms with van der Waals surface area (Å²) in [4.78, 5) is 11.6. The smallest absolute Gasteiger partial charge is 0.306 e. The molecule has 0 aliphatic rings. The fourth-order valence-electron chi connectivity index (χ4n) is 1.87. The Labute approximate surface area is 125 Å². The van der Waals surface area contributed by atoms with Gasteiger partial charge in [-0.1, -0.05) is 32.6 Å². The monoisotopic (exact) mass is 308 g/mol. The van der Waals surface area contributed by atoms with Gasteiger partial charge in [0.05, 0.1) is 13.2 Å². The zero-order valence-corrected chi connectivity index (χ0v) is 12.5. The summed E-state index contributed by atoms with van der Waals surface area (Å²) in [6, 6.07) is 0. The molecule has 0 aliphatic heterocycles. The number of rotatable bonds is 12. The molecule has 4 atom stereocenters. The Hall–Kier alpha value is -0.730. The van der Waals surface area contributed by atoms with Crippen LogP contribution in [0, 0.1) is 0 Å². The molecule has 0 aromatic rings. The number of hydrogen-bond donors (Lipinski definition) is 5. The number of unbranched alkanes of at least 4 members (excludes halogenated alkanes) is 4. The highest BCUT2D eigenvalue weighted by molar-refractivity contribution is 5.69. The molecule has 0 amide bonds. The van der Waals surface area contributed by atoms with Gasteiger partial charge in [0, 0.05) is 6.42 Å². The van der Waals surface area contributed by atoms with Crippen LogP contribution in [-0.2, 0) is 9.53 Å². The first-order chi connectivity index (χ1) is 9.97. The molecular formula is C14H28O7. The first kappa shape index (κ1) is 20.3. The molecule has 0 aromatic carbocycles. The van der Waals surface area contributed by atoms with E-state index in [-0.39, 0.29) is 6.42 Å². The zero-order valence-electron chi connectivity index (χ0n) is 12.5. The summed E-state index contributed by atoms with van der Waals surface area (Å²) in [7, 11) is 0. The normalized spacial score (nSPS) is 17.0. The molecule has 21 heavy (non-hydrogen) atoms. The van der Waals surface area contributed by atoms with Crippen LogP contribution in [0.3, 0.4) is 0 Å². The zero-order chi connectivity index (χ0) is 16.3. The summed E-state index contributed by atoms with van der Waals surface area (Å²) >= 11 is 0. The van der Waals surface area contributed by atoms with Crippen molar-refractivity contribution in [1.29, 1.82) is 0 Å². The van der Waals surface area contributed by atoms with Gasteiger partial charge in [0.15, 0.2) is 6.10 Å². The van der Waals surface area contributed by atoms with Gasteiger partial charge in [-0.15, -0.1) is 0 Å². The van der Waals surface area contributed by atoms with E-state index >= 15 is 0 Å². The van der Waals surface area contributed by atoms with Gasteiger partial charge in [-0.25, -0.2) is 0 Å². The highest BCUT2D eigenvalue weighted by Gasteiger charge is 2.33. The lowest BCUT2D eigenvalue weighted by molar-refractivity contribution is -0.171. The van der Waals surface area contributed by atoms with E-state index in [1.807, 2.05) is 0 Å². The number of aliphatic hydroxyl groups is 5. The van der Waals surface area contributed by atoms with Crippen LogP contribution < -0.4 is 0 Å². The average molecular weight is 308 g/mol. The molecule has 7 heteroatoms.